The van der Waals surface area contributed by atoms with Crippen LogP contribution in [0.15, 0.2) is 16.9 Å². The lowest BCUT2D eigenvalue weighted by atomic mass is 10.0. The summed E-state index contributed by atoms with van der Waals surface area (Å²) in [4.78, 5) is 27.2. The van der Waals surface area contributed by atoms with Crippen molar-refractivity contribution in [2.45, 2.75) is 19.4 Å². The van der Waals surface area contributed by atoms with Gasteiger partial charge < -0.3 is 10.6 Å². The average molecular weight is 279 g/mol. The van der Waals surface area contributed by atoms with Gasteiger partial charge in [-0.25, -0.2) is 5.10 Å². The van der Waals surface area contributed by atoms with Gasteiger partial charge in [0.2, 0.25) is 0 Å². The fraction of sp³-hybridized carbons (Fsp3) is 0.615. The van der Waals surface area contributed by atoms with Crippen molar-refractivity contribution >= 4 is 5.91 Å². The summed E-state index contributed by atoms with van der Waals surface area (Å²) in [5, 5.41) is 6.06. The van der Waals surface area contributed by atoms with Crippen LogP contribution in [0.2, 0.25) is 0 Å². The van der Waals surface area contributed by atoms with Gasteiger partial charge in [0.25, 0.3) is 11.5 Å². The SMILES string of the molecule is CC(C)(CN)N1CCN(C(=O)c2ccc(=O)[nH]n2)CC1. The van der Waals surface area contributed by atoms with Crippen LogP contribution in [0, 0.1) is 0 Å². The maximum absolute atomic E-state index is 12.2. The van der Waals surface area contributed by atoms with Crippen LogP contribution in [0.1, 0.15) is 24.3 Å². The van der Waals surface area contributed by atoms with Crippen LogP contribution in [0.5, 0.6) is 0 Å². The topological polar surface area (TPSA) is 95.3 Å². The number of nitrogens with two attached hydrogens (primary N) is 1. The molecule has 1 aromatic heterocycles. The summed E-state index contributed by atoms with van der Waals surface area (Å²) >= 11 is 0. The van der Waals surface area contributed by atoms with Crippen molar-refractivity contribution < 1.29 is 4.79 Å². The molecule has 0 bridgehead atoms. The van der Waals surface area contributed by atoms with E-state index in [2.05, 4.69) is 28.9 Å². The Hall–Kier alpha value is -1.73. The van der Waals surface area contributed by atoms with Crippen molar-refractivity contribution in [3.05, 3.63) is 28.2 Å². The third-order valence-electron chi connectivity index (χ3n) is 3.82. The Bertz CT molecular complexity index is 511. The number of amides is 1. The van der Waals surface area contributed by atoms with E-state index in [9.17, 15) is 9.59 Å². The van der Waals surface area contributed by atoms with E-state index in [1.807, 2.05) is 0 Å². The molecule has 110 valence electrons. The maximum Gasteiger partial charge on any atom is 0.274 e. The van der Waals surface area contributed by atoms with Gasteiger partial charge in [0.15, 0.2) is 0 Å². The normalized spacial score (nSPS) is 17.2. The Morgan fingerprint density at radius 1 is 1.35 bits per heavy atom. The van der Waals surface area contributed by atoms with Gasteiger partial charge in [-0.15, -0.1) is 0 Å². The van der Waals surface area contributed by atoms with E-state index < -0.39 is 0 Å². The number of carbonyl (C=O) groups excluding carboxylic acids is 1. The molecule has 1 fully saturated rings. The van der Waals surface area contributed by atoms with Crippen LogP contribution in [0.3, 0.4) is 0 Å². The molecule has 1 aliphatic rings. The molecule has 0 radical (unpaired) electrons. The van der Waals surface area contributed by atoms with Crippen molar-refractivity contribution in [1.29, 1.82) is 0 Å². The van der Waals surface area contributed by atoms with Gasteiger partial charge in [0.1, 0.15) is 5.69 Å². The van der Waals surface area contributed by atoms with E-state index in [0.29, 0.717) is 19.6 Å². The monoisotopic (exact) mass is 279 g/mol. The predicted octanol–water partition coefficient (Wildman–Crippen LogP) is -0.735. The molecule has 0 unspecified atom stereocenters. The molecule has 1 aromatic rings. The number of nitrogens with zero attached hydrogens (tertiary/aromatic N) is 3. The van der Waals surface area contributed by atoms with E-state index in [-0.39, 0.29) is 22.7 Å². The van der Waals surface area contributed by atoms with Gasteiger partial charge in [-0.1, -0.05) is 0 Å². The van der Waals surface area contributed by atoms with Crippen LogP contribution < -0.4 is 11.3 Å². The molecule has 0 aliphatic carbocycles. The lowest BCUT2D eigenvalue weighted by Crippen LogP contribution is -2.58. The lowest BCUT2D eigenvalue weighted by molar-refractivity contribution is 0.0421. The standard InChI is InChI=1S/C13H21N5O2/c1-13(2,9-14)18-7-5-17(6-8-18)12(20)10-3-4-11(19)16-15-10/h3-4H,5-9,14H2,1-2H3,(H,16,19). The first kappa shape index (κ1) is 14.7. The summed E-state index contributed by atoms with van der Waals surface area (Å²) in [5.74, 6) is -0.147. The van der Waals surface area contributed by atoms with Crippen molar-refractivity contribution in [2.75, 3.05) is 32.7 Å². The lowest BCUT2D eigenvalue weighted by Gasteiger charge is -2.43. The average Bonchev–Trinajstić information content (AvgIpc) is 2.47. The van der Waals surface area contributed by atoms with Crippen LogP contribution in [0.25, 0.3) is 0 Å². The molecule has 1 aliphatic heterocycles. The van der Waals surface area contributed by atoms with Crippen molar-refractivity contribution in [3.63, 3.8) is 0 Å². The second-order valence-electron chi connectivity index (χ2n) is 5.60. The molecule has 3 N–H and O–H groups in total. The molecule has 0 aromatic carbocycles. The molecule has 1 saturated heterocycles. The third kappa shape index (κ3) is 3.05. The second-order valence-corrected chi connectivity index (χ2v) is 5.60. The first-order valence-corrected chi connectivity index (χ1v) is 6.74. The number of H-pyrrole nitrogens is 1. The largest absolute Gasteiger partial charge is 0.335 e. The summed E-state index contributed by atoms with van der Waals surface area (Å²) in [6.45, 7) is 7.66. The second kappa shape index (κ2) is 5.72. The first-order valence-electron chi connectivity index (χ1n) is 6.74. The highest BCUT2D eigenvalue weighted by atomic mass is 16.2. The molecule has 0 spiro atoms. The van der Waals surface area contributed by atoms with E-state index in [1.165, 1.54) is 12.1 Å². The highest BCUT2D eigenvalue weighted by molar-refractivity contribution is 5.92. The van der Waals surface area contributed by atoms with Gasteiger partial charge >= 0.3 is 0 Å². The van der Waals surface area contributed by atoms with Crippen molar-refractivity contribution in [2.24, 2.45) is 5.73 Å². The number of aromatic nitrogens is 2. The highest BCUT2D eigenvalue weighted by Gasteiger charge is 2.30. The molecule has 2 rings (SSSR count). The third-order valence-corrected chi connectivity index (χ3v) is 3.82. The number of carbonyl (C=O) groups is 1. The molecule has 20 heavy (non-hydrogen) atoms. The van der Waals surface area contributed by atoms with Crippen LogP contribution in [-0.4, -0.2) is 64.2 Å². The zero-order valence-corrected chi connectivity index (χ0v) is 11.9. The van der Waals surface area contributed by atoms with Crippen molar-refractivity contribution in [1.82, 2.24) is 20.0 Å². The number of hydrogen-bond donors (Lipinski definition) is 2. The zero-order valence-electron chi connectivity index (χ0n) is 11.9. The summed E-state index contributed by atoms with van der Waals surface area (Å²) in [6.07, 6.45) is 0. The Morgan fingerprint density at radius 3 is 2.50 bits per heavy atom. The van der Waals surface area contributed by atoms with E-state index in [4.69, 9.17) is 5.73 Å². The fourth-order valence-corrected chi connectivity index (χ4v) is 2.27. The Morgan fingerprint density at radius 2 is 2.00 bits per heavy atom. The molecule has 2 heterocycles. The van der Waals surface area contributed by atoms with Gasteiger partial charge in [-0.05, 0) is 19.9 Å². The number of piperazine rings is 1. The smallest absolute Gasteiger partial charge is 0.274 e. The highest BCUT2D eigenvalue weighted by Crippen LogP contribution is 2.16. The Balaban J connectivity index is 1.98. The molecule has 7 heteroatoms. The van der Waals surface area contributed by atoms with Gasteiger partial charge in [-0.2, -0.15) is 5.10 Å². The van der Waals surface area contributed by atoms with Crippen molar-refractivity contribution in [3.8, 4) is 0 Å². The summed E-state index contributed by atoms with van der Waals surface area (Å²) < 4.78 is 0. The fourth-order valence-electron chi connectivity index (χ4n) is 2.27. The quantitative estimate of drug-likeness (QED) is 0.760. The van der Waals surface area contributed by atoms with E-state index >= 15 is 0 Å². The minimum Gasteiger partial charge on any atom is -0.335 e. The minimum atomic E-state index is -0.309. The summed E-state index contributed by atoms with van der Waals surface area (Å²) in [5.41, 5.74) is 5.69. The maximum atomic E-state index is 12.2. The summed E-state index contributed by atoms with van der Waals surface area (Å²) in [6, 6.07) is 2.77. The molecular weight excluding hydrogens is 258 g/mol. The molecule has 0 atom stereocenters. The van der Waals surface area contributed by atoms with Gasteiger partial charge in [0.05, 0.1) is 0 Å². The number of aromatic amines is 1. The number of hydrogen-bond acceptors (Lipinski definition) is 5. The molecule has 1 amide bonds. The Labute approximate surface area is 117 Å². The van der Waals surface area contributed by atoms with Gasteiger partial charge in [-0.3, -0.25) is 14.5 Å². The Kier molecular flexibility index (Phi) is 4.20. The van der Waals surface area contributed by atoms with Gasteiger partial charge in [0, 0.05) is 44.3 Å². The van der Waals surface area contributed by atoms with Crippen LogP contribution >= 0.6 is 0 Å². The van der Waals surface area contributed by atoms with E-state index in [1.54, 1.807) is 4.90 Å². The van der Waals surface area contributed by atoms with Crippen LogP contribution in [0.4, 0.5) is 0 Å². The predicted molar refractivity (Wildman–Crippen MR) is 75.5 cm³/mol. The summed E-state index contributed by atoms with van der Waals surface area (Å²) in [7, 11) is 0. The number of rotatable bonds is 3. The molecular formula is C13H21N5O2. The first-order chi connectivity index (χ1) is 9.44. The molecule has 0 saturated carbocycles. The van der Waals surface area contributed by atoms with Crippen LogP contribution in [-0.2, 0) is 0 Å². The van der Waals surface area contributed by atoms with E-state index in [0.717, 1.165) is 13.1 Å². The number of nitrogens with one attached hydrogen (secondary N) is 1. The minimum absolute atomic E-state index is 0.0502. The zero-order chi connectivity index (χ0) is 14.8. The molecule has 7 nitrogen and oxygen atoms in total.